The number of hydrogen-bond donors (Lipinski definition) is 1. The zero-order chi connectivity index (χ0) is 18.0. The van der Waals surface area contributed by atoms with Crippen LogP contribution in [0.3, 0.4) is 0 Å². The SMILES string of the molecule is Cc1ccccc1NC(=O)C(C)OC(=O)c1cc2c(F)cccc2s1. The number of carbonyl (C=O) groups excluding carboxylic acids is 2. The number of hydrogen-bond acceptors (Lipinski definition) is 4. The predicted molar refractivity (Wildman–Crippen MR) is 96.5 cm³/mol. The van der Waals surface area contributed by atoms with Gasteiger partial charge in [-0.1, -0.05) is 24.3 Å². The topological polar surface area (TPSA) is 55.4 Å². The Balaban J connectivity index is 1.70. The van der Waals surface area contributed by atoms with Crippen molar-refractivity contribution in [3.05, 3.63) is 64.8 Å². The molecule has 0 fully saturated rings. The summed E-state index contributed by atoms with van der Waals surface area (Å²) < 4.78 is 19.6. The van der Waals surface area contributed by atoms with E-state index in [0.29, 0.717) is 15.8 Å². The first-order valence-corrected chi connectivity index (χ1v) is 8.53. The molecule has 2 aromatic carbocycles. The van der Waals surface area contributed by atoms with E-state index in [9.17, 15) is 14.0 Å². The van der Waals surface area contributed by atoms with E-state index in [1.165, 1.54) is 19.1 Å². The normalized spacial score (nSPS) is 12.0. The highest BCUT2D eigenvalue weighted by atomic mass is 32.1. The molecule has 3 rings (SSSR count). The van der Waals surface area contributed by atoms with Crippen LogP contribution >= 0.6 is 11.3 Å². The fourth-order valence-corrected chi connectivity index (χ4v) is 3.30. The number of carbonyl (C=O) groups is 2. The van der Waals surface area contributed by atoms with Gasteiger partial charge in [0.15, 0.2) is 6.10 Å². The minimum absolute atomic E-state index is 0.260. The van der Waals surface area contributed by atoms with E-state index < -0.39 is 23.8 Å². The van der Waals surface area contributed by atoms with Gasteiger partial charge >= 0.3 is 5.97 Å². The van der Waals surface area contributed by atoms with Gasteiger partial charge in [-0.25, -0.2) is 9.18 Å². The highest BCUT2D eigenvalue weighted by Gasteiger charge is 2.21. The van der Waals surface area contributed by atoms with Gasteiger partial charge in [-0.15, -0.1) is 11.3 Å². The number of aryl methyl sites for hydroxylation is 1. The van der Waals surface area contributed by atoms with Gasteiger partial charge in [0.05, 0.1) is 0 Å². The Kier molecular flexibility index (Phi) is 4.81. The first-order valence-electron chi connectivity index (χ1n) is 7.71. The largest absolute Gasteiger partial charge is 0.448 e. The molecule has 128 valence electrons. The van der Waals surface area contributed by atoms with Crippen molar-refractivity contribution in [2.24, 2.45) is 0 Å². The third-order valence-corrected chi connectivity index (χ3v) is 4.85. The number of para-hydroxylation sites is 1. The first-order chi connectivity index (χ1) is 12.0. The molecule has 4 nitrogen and oxygen atoms in total. The van der Waals surface area contributed by atoms with Crippen LogP contribution in [0.4, 0.5) is 10.1 Å². The molecule has 1 atom stereocenters. The van der Waals surface area contributed by atoms with Crippen molar-refractivity contribution in [1.29, 1.82) is 0 Å². The number of fused-ring (bicyclic) bond motifs is 1. The van der Waals surface area contributed by atoms with Gasteiger partial charge in [-0.3, -0.25) is 4.79 Å². The van der Waals surface area contributed by atoms with E-state index in [2.05, 4.69) is 5.32 Å². The monoisotopic (exact) mass is 357 g/mol. The molecule has 1 N–H and O–H groups in total. The van der Waals surface area contributed by atoms with Gasteiger partial charge < -0.3 is 10.1 Å². The lowest BCUT2D eigenvalue weighted by atomic mass is 10.2. The lowest BCUT2D eigenvalue weighted by molar-refractivity contribution is -0.123. The fraction of sp³-hybridized carbons (Fsp3) is 0.158. The average molecular weight is 357 g/mol. The molecule has 0 bridgehead atoms. The Morgan fingerprint density at radius 3 is 2.64 bits per heavy atom. The molecule has 0 aliphatic heterocycles. The minimum Gasteiger partial charge on any atom is -0.448 e. The van der Waals surface area contributed by atoms with Gasteiger partial charge in [0.1, 0.15) is 10.7 Å². The van der Waals surface area contributed by atoms with Crippen LogP contribution in [0.15, 0.2) is 48.5 Å². The second-order valence-electron chi connectivity index (χ2n) is 5.61. The second kappa shape index (κ2) is 7.03. The summed E-state index contributed by atoms with van der Waals surface area (Å²) in [6.07, 6.45) is -0.970. The Bertz CT molecular complexity index is 951. The van der Waals surface area contributed by atoms with Crippen LogP contribution in [-0.2, 0) is 9.53 Å². The number of esters is 1. The van der Waals surface area contributed by atoms with Crippen molar-refractivity contribution in [2.45, 2.75) is 20.0 Å². The lowest BCUT2D eigenvalue weighted by Gasteiger charge is -2.14. The molecule has 0 saturated carbocycles. The smallest absolute Gasteiger partial charge is 0.349 e. The van der Waals surface area contributed by atoms with Crippen molar-refractivity contribution in [2.75, 3.05) is 5.32 Å². The van der Waals surface area contributed by atoms with E-state index in [0.717, 1.165) is 16.9 Å². The Hall–Kier alpha value is -2.73. The molecule has 0 aliphatic rings. The minimum atomic E-state index is -0.970. The van der Waals surface area contributed by atoms with Crippen LogP contribution in [0.25, 0.3) is 10.1 Å². The second-order valence-corrected chi connectivity index (χ2v) is 6.70. The molecule has 1 heterocycles. The Morgan fingerprint density at radius 2 is 1.92 bits per heavy atom. The molecular weight excluding hydrogens is 341 g/mol. The third-order valence-electron chi connectivity index (χ3n) is 3.77. The summed E-state index contributed by atoms with van der Waals surface area (Å²) in [7, 11) is 0. The van der Waals surface area contributed by atoms with Crippen LogP contribution in [0.2, 0.25) is 0 Å². The highest BCUT2D eigenvalue weighted by Crippen LogP contribution is 2.28. The number of amides is 1. The lowest BCUT2D eigenvalue weighted by Crippen LogP contribution is -2.30. The number of halogens is 1. The summed E-state index contributed by atoms with van der Waals surface area (Å²) in [5, 5.41) is 3.10. The molecule has 0 aliphatic carbocycles. The summed E-state index contributed by atoms with van der Waals surface area (Å²) in [6.45, 7) is 3.37. The molecule has 3 aromatic rings. The maximum atomic E-state index is 13.7. The zero-order valence-electron chi connectivity index (χ0n) is 13.7. The molecule has 0 radical (unpaired) electrons. The molecule has 1 unspecified atom stereocenters. The summed E-state index contributed by atoms with van der Waals surface area (Å²) >= 11 is 1.13. The summed E-state index contributed by atoms with van der Waals surface area (Å²) in [6, 6.07) is 13.4. The Labute approximate surface area is 148 Å². The van der Waals surface area contributed by atoms with Gasteiger partial charge in [-0.2, -0.15) is 0 Å². The molecule has 0 saturated heterocycles. The van der Waals surface area contributed by atoms with Gasteiger partial charge in [0.25, 0.3) is 5.91 Å². The predicted octanol–water partition coefficient (Wildman–Crippen LogP) is 4.53. The highest BCUT2D eigenvalue weighted by molar-refractivity contribution is 7.20. The van der Waals surface area contributed by atoms with Crippen LogP contribution in [0.5, 0.6) is 0 Å². The summed E-state index contributed by atoms with van der Waals surface area (Å²) in [5.41, 5.74) is 1.58. The quantitative estimate of drug-likeness (QED) is 0.698. The molecule has 0 spiro atoms. The van der Waals surface area contributed by atoms with Crippen molar-refractivity contribution >= 4 is 39.0 Å². The maximum Gasteiger partial charge on any atom is 0.349 e. The molecular formula is C19H16FNO3S. The van der Waals surface area contributed by atoms with Crippen LogP contribution in [0.1, 0.15) is 22.2 Å². The number of anilines is 1. The first kappa shape index (κ1) is 17.1. The summed E-state index contributed by atoms with van der Waals surface area (Å²) in [4.78, 5) is 24.7. The fourth-order valence-electron chi connectivity index (χ4n) is 2.35. The number of nitrogens with one attached hydrogen (secondary N) is 1. The van der Waals surface area contributed by atoms with Crippen LogP contribution < -0.4 is 5.32 Å². The van der Waals surface area contributed by atoms with E-state index >= 15 is 0 Å². The van der Waals surface area contributed by atoms with Gasteiger partial charge in [0, 0.05) is 15.8 Å². The van der Waals surface area contributed by atoms with E-state index in [1.54, 1.807) is 18.2 Å². The summed E-state index contributed by atoms with van der Waals surface area (Å²) in [5.74, 6) is -1.46. The number of thiophene rings is 1. The van der Waals surface area contributed by atoms with Crippen molar-refractivity contribution in [3.63, 3.8) is 0 Å². The molecule has 6 heteroatoms. The zero-order valence-corrected chi connectivity index (χ0v) is 14.5. The standard InChI is InChI=1S/C19H16FNO3S/c1-11-6-3-4-8-15(11)21-18(22)12(2)24-19(23)17-10-13-14(20)7-5-9-16(13)25-17/h3-10,12H,1-2H3,(H,21,22). The third kappa shape index (κ3) is 3.69. The van der Waals surface area contributed by atoms with Crippen molar-refractivity contribution < 1.29 is 18.7 Å². The number of benzene rings is 2. The van der Waals surface area contributed by atoms with Gasteiger partial charge in [-0.05, 0) is 43.7 Å². The van der Waals surface area contributed by atoms with E-state index in [1.807, 2.05) is 25.1 Å². The van der Waals surface area contributed by atoms with E-state index in [4.69, 9.17) is 4.74 Å². The van der Waals surface area contributed by atoms with E-state index in [-0.39, 0.29) is 4.88 Å². The van der Waals surface area contributed by atoms with Crippen LogP contribution in [0, 0.1) is 12.7 Å². The van der Waals surface area contributed by atoms with Crippen molar-refractivity contribution in [1.82, 2.24) is 0 Å². The molecule has 1 amide bonds. The number of rotatable bonds is 4. The number of ether oxygens (including phenoxy) is 1. The maximum absolute atomic E-state index is 13.7. The van der Waals surface area contributed by atoms with Crippen molar-refractivity contribution in [3.8, 4) is 0 Å². The molecule has 1 aromatic heterocycles. The molecule has 25 heavy (non-hydrogen) atoms. The van der Waals surface area contributed by atoms with Crippen LogP contribution in [-0.4, -0.2) is 18.0 Å². The Morgan fingerprint density at radius 1 is 1.16 bits per heavy atom. The average Bonchev–Trinajstić information content (AvgIpc) is 3.02. The van der Waals surface area contributed by atoms with Gasteiger partial charge in [0.2, 0.25) is 0 Å².